The molecule has 1 atom stereocenters. The Morgan fingerprint density at radius 1 is 1.24 bits per heavy atom. The van der Waals surface area contributed by atoms with Gasteiger partial charge in [-0.25, -0.2) is 0 Å². The van der Waals surface area contributed by atoms with Crippen LogP contribution in [-0.2, 0) is 4.74 Å². The third-order valence-electron chi connectivity index (χ3n) is 2.66. The fourth-order valence-electron chi connectivity index (χ4n) is 1.62. The van der Waals surface area contributed by atoms with Crippen molar-refractivity contribution in [2.75, 3.05) is 19.8 Å². The van der Waals surface area contributed by atoms with Gasteiger partial charge in [-0.1, -0.05) is 19.1 Å². The lowest BCUT2D eigenvalue weighted by Gasteiger charge is -2.14. The van der Waals surface area contributed by atoms with Gasteiger partial charge in [-0.3, -0.25) is 0 Å². The molecule has 0 radical (unpaired) electrons. The van der Waals surface area contributed by atoms with E-state index in [0.29, 0.717) is 11.8 Å². The highest BCUT2D eigenvalue weighted by atomic mass is 16.5. The van der Waals surface area contributed by atoms with Crippen LogP contribution in [0.2, 0.25) is 0 Å². The standard InChI is InChI=1S/C14H23NO2/c1-3-10-17-11-4-9-15-12(2)13-5-7-14(16)8-6-13/h5-8,12,15-16H,3-4,9-11H2,1-2H3. The molecule has 96 valence electrons. The average molecular weight is 237 g/mol. The van der Waals surface area contributed by atoms with Crippen molar-refractivity contribution in [2.45, 2.75) is 32.7 Å². The van der Waals surface area contributed by atoms with Gasteiger partial charge in [0.25, 0.3) is 0 Å². The summed E-state index contributed by atoms with van der Waals surface area (Å²) in [6, 6.07) is 7.64. The summed E-state index contributed by atoms with van der Waals surface area (Å²) in [4.78, 5) is 0. The molecule has 0 saturated carbocycles. The Morgan fingerprint density at radius 3 is 2.59 bits per heavy atom. The molecule has 1 unspecified atom stereocenters. The van der Waals surface area contributed by atoms with E-state index in [0.717, 1.165) is 32.6 Å². The molecular weight excluding hydrogens is 214 g/mol. The van der Waals surface area contributed by atoms with E-state index >= 15 is 0 Å². The molecule has 0 aliphatic carbocycles. The van der Waals surface area contributed by atoms with E-state index in [1.807, 2.05) is 12.1 Å². The maximum absolute atomic E-state index is 9.20. The predicted octanol–water partition coefficient (Wildman–Crippen LogP) is 2.86. The van der Waals surface area contributed by atoms with Crippen LogP contribution in [0, 0.1) is 0 Å². The first-order chi connectivity index (χ1) is 8.24. The molecule has 1 aromatic carbocycles. The summed E-state index contributed by atoms with van der Waals surface area (Å²) in [7, 11) is 0. The van der Waals surface area contributed by atoms with Crippen molar-refractivity contribution < 1.29 is 9.84 Å². The van der Waals surface area contributed by atoms with Crippen molar-refractivity contribution >= 4 is 0 Å². The molecule has 0 aromatic heterocycles. The summed E-state index contributed by atoms with van der Waals surface area (Å²) in [5.41, 5.74) is 1.19. The predicted molar refractivity (Wildman–Crippen MR) is 70.3 cm³/mol. The van der Waals surface area contributed by atoms with E-state index in [4.69, 9.17) is 4.74 Å². The lowest BCUT2D eigenvalue weighted by Crippen LogP contribution is -2.20. The van der Waals surface area contributed by atoms with Crippen molar-refractivity contribution in [3.05, 3.63) is 29.8 Å². The molecular formula is C14H23NO2. The highest BCUT2D eigenvalue weighted by Gasteiger charge is 2.03. The van der Waals surface area contributed by atoms with Gasteiger partial charge < -0.3 is 15.2 Å². The van der Waals surface area contributed by atoms with Crippen LogP contribution in [0.5, 0.6) is 5.75 Å². The minimum absolute atomic E-state index is 0.307. The number of aromatic hydroxyl groups is 1. The zero-order chi connectivity index (χ0) is 12.5. The molecule has 17 heavy (non-hydrogen) atoms. The third-order valence-corrected chi connectivity index (χ3v) is 2.66. The smallest absolute Gasteiger partial charge is 0.115 e. The third kappa shape index (κ3) is 5.71. The van der Waals surface area contributed by atoms with Gasteiger partial charge in [-0.05, 0) is 44.0 Å². The quantitative estimate of drug-likeness (QED) is 0.683. The zero-order valence-electron chi connectivity index (χ0n) is 10.8. The fraction of sp³-hybridized carbons (Fsp3) is 0.571. The average Bonchev–Trinajstić information content (AvgIpc) is 2.34. The van der Waals surface area contributed by atoms with Gasteiger partial charge in [0.05, 0.1) is 0 Å². The number of nitrogens with one attached hydrogen (secondary N) is 1. The van der Waals surface area contributed by atoms with Crippen molar-refractivity contribution in [1.29, 1.82) is 0 Å². The molecule has 0 amide bonds. The number of rotatable bonds is 8. The summed E-state index contributed by atoms with van der Waals surface area (Å²) in [5.74, 6) is 0.314. The van der Waals surface area contributed by atoms with E-state index in [1.165, 1.54) is 5.56 Å². The Kier molecular flexibility index (Phi) is 6.67. The largest absolute Gasteiger partial charge is 0.508 e. The van der Waals surface area contributed by atoms with Gasteiger partial charge in [0.15, 0.2) is 0 Å². The summed E-state index contributed by atoms with van der Waals surface area (Å²) in [6.07, 6.45) is 2.11. The van der Waals surface area contributed by atoms with E-state index in [1.54, 1.807) is 12.1 Å². The maximum Gasteiger partial charge on any atom is 0.115 e. The Morgan fingerprint density at radius 2 is 1.94 bits per heavy atom. The van der Waals surface area contributed by atoms with Gasteiger partial charge >= 0.3 is 0 Å². The molecule has 0 spiro atoms. The topological polar surface area (TPSA) is 41.5 Å². The molecule has 0 aliphatic heterocycles. The Bertz CT molecular complexity index is 298. The summed E-state index contributed by atoms with van der Waals surface area (Å²) >= 11 is 0. The van der Waals surface area contributed by atoms with E-state index in [-0.39, 0.29) is 0 Å². The molecule has 0 fully saturated rings. The van der Waals surface area contributed by atoms with Gasteiger partial charge in [0, 0.05) is 19.3 Å². The molecule has 0 saturated heterocycles. The number of ether oxygens (including phenoxy) is 1. The van der Waals surface area contributed by atoms with Crippen LogP contribution in [-0.4, -0.2) is 24.9 Å². The molecule has 3 nitrogen and oxygen atoms in total. The Labute approximate surface area is 104 Å². The van der Waals surface area contributed by atoms with Crippen LogP contribution in [0.15, 0.2) is 24.3 Å². The van der Waals surface area contributed by atoms with Crippen LogP contribution >= 0.6 is 0 Å². The van der Waals surface area contributed by atoms with Crippen LogP contribution in [0.1, 0.15) is 38.3 Å². The number of phenols is 1. The fourth-order valence-corrected chi connectivity index (χ4v) is 1.62. The number of hydrogen-bond acceptors (Lipinski definition) is 3. The van der Waals surface area contributed by atoms with Crippen molar-refractivity contribution in [3.63, 3.8) is 0 Å². The highest BCUT2D eigenvalue weighted by Crippen LogP contribution is 2.15. The summed E-state index contributed by atoms with van der Waals surface area (Å²) in [5, 5.41) is 12.6. The zero-order valence-corrected chi connectivity index (χ0v) is 10.8. The Hall–Kier alpha value is -1.06. The summed E-state index contributed by atoms with van der Waals surface area (Å²) in [6.45, 7) is 6.87. The minimum Gasteiger partial charge on any atom is -0.508 e. The van der Waals surface area contributed by atoms with Crippen LogP contribution in [0.25, 0.3) is 0 Å². The maximum atomic E-state index is 9.20. The van der Waals surface area contributed by atoms with Crippen LogP contribution in [0.3, 0.4) is 0 Å². The van der Waals surface area contributed by atoms with Crippen molar-refractivity contribution in [2.24, 2.45) is 0 Å². The van der Waals surface area contributed by atoms with Gasteiger partial charge in [-0.2, -0.15) is 0 Å². The lowest BCUT2D eigenvalue weighted by atomic mass is 10.1. The van der Waals surface area contributed by atoms with Crippen molar-refractivity contribution in [1.82, 2.24) is 5.32 Å². The SMILES string of the molecule is CCCOCCCNC(C)c1ccc(O)cc1. The lowest BCUT2D eigenvalue weighted by molar-refractivity contribution is 0.132. The first-order valence-corrected chi connectivity index (χ1v) is 6.34. The molecule has 1 rings (SSSR count). The molecule has 1 aromatic rings. The van der Waals surface area contributed by atoms with Crippen LogP contribution in [0.4, 0.5) is 0 Å². The summed E-state index contributed by atoms with van der Waals surface area (Å²) < 4.78 is 5.41. The van der Waals surface area contributed by atoms with Crippen LogP contribution < -0.4 is 5.32 Å². The normalized spacial score (nSPS) is 12.6. The van der Waals surface area contributed by atoms with E-state index in [9.17, 15) is 5.11 Å². The van der Waals surface area contributed by atoms with Gasteiger partial charge in [0.1, 0.15) is 5.75 Å². The second-order valence-corrected chi connectivity index (χ2v) is 4.23. The number of phenolic OH excluding ortho intramolecular Hbond substituents is 1. The second-order valence-electron chi connectivity index (χ2n) is 4.23. The number of hydrogen-bond donors (Lipinski definition) is 2. The first-order valence-electron chi connectivity index (χ1n) is 6.34. The molecule has 0 bridgehead atoms. The second kappa shape index (κ2) is 8.09. The first kappa shape index (κ1) is 14.0. The molecule has 3 heteroatoms. The van der Waals surface area contributed by atoms with Gasteiger partial charge in [-0.15, -0.1) is 0 Å². The highest BCUT2D eigenvalue weighted by molar-refractivity contribution is 5.27. The van der Waals surface area contributed by atoms with E-state index in [2.05, 4.69) is 19.2 Å². The monoisotopic (exact) mass is 237 g/mol. The van der Waals surface area contributed by atoms with Gasteiger partial charge in [0.2, 0.25) is 0 Å². The van der Waals surface area contributed by atoms with Crippen molar-refractivity contribution in [3.8, 4) is 5.75 Å². The Balaban J connectivity index is 2.16. The van der Waals surface area contributed by atoms with E-state index < -0.39 is 0 Å². The number of benzene rings is 1. The molecule has 0 aliphatic rings. The molecule has 2 N–H and O–H groups in total. The minimum atomic E-state index is 0.307. The molecule has 0 heterocycles.